The summed E-state index contributed by atoms with van der Waals surface area (Å²) in [6.45, 7) is 5.69. The maximum absolute atomic E-state index is 13.3. The van der Waals surface area contributed by atoms with Crippen molar-refractivity contribution >= 4 is 29.3 Å². The number of hydrogen-bond donors (Lipinski definition) is 2. The number of para-hydroxylation sites is 1. The third-order valence-electron chi connectivity index (χ3n) is 7.21. The molecule has 2 N–H and O–H groups in total. The number of rotatable bonds is 8. The fraction of sp³-hybridized carbons (Fsp3) is 0.556. The van der Waals surface area contributed by atoms with Crippen LogP contribution in [0.15, 0.2) is 42.5 Å². The second-order valence-corrected chi connectivity index (χ2v) is 10.3. The summed E-state index contributed by atoms with van der Waals surface area (Å²) in [6, 6.07) is 8.57. The lowest BCUT2D eigenvalue weighted by Crippen LogP contribution is -2.54. The van der Waals surface area contributed by atoms with Gasteiger partial charge in [-0.1, -0.05) is 44.2 Å². The van der Waals surface area contributed by atoms with Crippen LogP contribution < -0.4 is 10.6 Å². The average Bonchev–Trinajstić information content (AvgIpc) is 3.09. The first-order valence-electron chi connectivity index (χ1n) is 12.7. The Kier molecular flexibility index (Phi) is 8.00. The van der Waals surface area contributed by atoms with Gasteiger partial charge < -0.3 is 10.6 Å². The molecule has 1 aliphatic carbocycles. The Balaban J connectivity index is 1.31. The lowest BCUT2D eigenvalue weighted by molar-refractivity contribution is -0.148. The van der Waals surface area contributed by atoms with E-state index < -0.39 is 6.04 Å². The van der Waals surface area contributed by atoms with E-state index in [1.165, 1.54) is 4.90 Å². The fourth-order valence-corrected chi connectivity index (χ4v) is 5.37. The van der Waals surface area contributed by atoms with E-state index in [0.717, 1.165) is 18.5 Å². The summed E-state index contributed by atoms with van der Waals surface area (Å²) in [7, 11) is 0. The van der Waals surface area contributed by atoms with Gasteiger partial charge in [-0.15, -0.1) is 0 Å². The maximum atomic E-state index is 13.3. The van der Waals surface area contributed by atoms with Crippen molar-refractivity contribution in [3.05, 3.63) is 42.5 Å². The van der Waals surface area contributed by atoms with Crippen LogP contribution in [0.1, 0.15) is 46.0 Å². The van der Waals surface area contributed by atoms with Gasteiger partial charge in [0.15, 0.2) is 0 Å². The summed E-state index contributed by atoms with van der Waals surface area (Å²) in [5, 5.41) is 6.01. The van der Waals surface area contributed by atoms with Crippen LogP contribution in [0.25, 0.3) is 0 Å². The van der Waals surface area contributed by atoms with Crippen molar-refractivity contribution in [3.63, 3.8) is 0 Å². The van der Waals surface area contributed by atoms with Crippen LogP contribution in [0.2, 0.25) is 0 Å². The Morgan fingerprint density at radius 2 is 1.57 bits per heavy atom. The van der Waals surface area contributed by atoms with Gasteiger partial charge in [0.2, 0.25) is 23.6 Å². The first-order chi connectivity index (χ1) is 16.8. The van der Waals surface area contributed by atoms with Crippen LogP contribution in [0.4, 0.5) is 5.69 Å². The van der Waals surface area contributed by atoms with Crippen molar-refractivity contribution in [2.45, 2.75) is 58.0 Å². The number of nitrogens with one attached hydrogen (secondary N) is 2. The number of carbonyl (C=O) groups excluding carboxylic acids is 4. The highest BCUT2D eigenvalue weighted by molar-refractivity contribution is 6.08. The summed E-state index contributed by atoms with van der Waals surface area (Å²) < 4.78 is 0. The molecule has 4 amide bonds. The van der Waals surface area contributed by atoms with Crippen LogP contribution in [0, 0.1) is 17.8 Å². The number of nitrogens with zero attached hydrogens (tertiary/aromatic N) is 2. The summed E-state index contributed by atoms with van der Waals surface area (Å²) in [6.07, 6.45) is 6.94. The van der Waals surface area contributed by atoms with Crippen molar-refractivity contribution in [1.82, 2.24) is 15.1 Å². The van der Waals surface area contributed by atoms with E-state index >= 15 is 0 Å². The van der Waals surface area contributed by atoms with E-state index in [-0.39, 0.29) is 47.4 Å². The number of hydrogen-bond acceptors (Lipinski definition) is 5. The number of carbonyl (C=O) groups is 4. The summed E-state index contributed by atoms with van der Waals surface area (Å²) in [5.74, 6) is -1.21. The molecule has 35 heavy (non-hydrogen) atoms. The molecular weight excluding hydrogens is 444 g/mol. The minimum absolute atomic E-state index is 0.0395. The molecule has 8 heteroatoms. The van der Waals surface area contributed by atoms with E-state index in [9.17, 15) is 19.2 Å². The second-order valence-electron chi connectivity index (χ2n) is 10.3. The topological polar surface area (TPSA) is 98.8 Å². The number of likely N-dealkylation sites (tertiary alicyclic amines) is 2. The Morgan fingerprint density at radius 1 is 0.971 bits per heavy atom. The largest absolute Gasteiger partial charge is 0.351 e. The van der Waals surface area contributed by atoms with Crippen LogP contribution in [0.5, 0.6) is 0 Å². The zero-order valence-electron chi connectivity index (χ0n) is 20.6. The van der Waals surface area contributed by atoms with Gasteiger partial charge in [-0.2, -0.15) is 0 Å². The molecule has 0 unspecified atom stereocenters. The third-order valence-corrected chi connectivity index (χ3v) is 7.21. The molecule has 188 valence electrons. The molecule has 4 rings (SSSR count). The SMILES string of the molecule is CC(C)C[C@H](C(=O)NC1CCN(CC(=O)Nc2ccccc2)CC1)N1C(=O)[C@@H]2CC=CC[C@H]2C1=O. The molecule has 3 atom stereocenters. The fourth-order valence-electron chi connectivity index (χ4n) is 5.37. The third kappa shape index (κ3) is 5.99. The monoisotopic (exact) mass is 480 g/mol. The molecule has 1 aromatic carbocycles. The Morgan fingerprint density at radius 3 is 2.14 bits per heavy atom. The smallest absolute Gasteiger partial charge is 0.243 e. The standard InChI is InChI=1S/C27H36N4O4/c1-18(2)16-23(31-26(34)21-10-6-7-11-22(21)27(31)35)25(33)29-20-12-14-30(15-13-20)17-24(32)28-19-8-4-3-5-9-19/h3-9,18,20-23H,10-17H2,1-2H3,(H,28,32)(H,29,33)/t21-,22-,23-/m1/s1. The van der Waals surface area contributed by atoms with Gasteiger partial charge in [0.1, 0.15) is 6.04 Å². The summed E-state index contributed by atoms with van der Waals surface area (Å²) in [4.78, 5) is 55.2. The molecule has 1 aromatic rings. The first-order valence-corrected chi connectivity index (χ1v) is 12.7. The average molecular weight is 481 g/mol. The number of piperidine rings is 1. The molecule has 0 aromatic heterocycles. The number of allylic oxidation sites excluding steroid dienone is 2. The number of benzene rings is 1. The van der Waals surface area contributed by atoms with Crippen LogP contribution in [-0.4, -0.2) is 65.1 Å². The van der Waals surface area contributed by atoms with Crippen molar-refractivity contribution < 1.29 is 19.2 Å². The van der Waals surface area contributed by atoms with E-state index in [1.807, 2.05) is 56.3 Å². The highest BCUT2D eigenvalue weighted by Gasteiger charge is 2.51. The van der Waals surface area contributed by atoms with Crippen molar-refractivity contribution in [2.24, 2.45) is 17.8 Å². The highest BCUT2D eigenvalue weighted by atomic mass is 16.2. The van der Waals surface area contributed by atoms with Gasteiger partial charge in [-0.05, 0) is 50.2 Å². The van der Waals surface area contributed by atoms with Crippen LogP contribution in [-0.2, 0) is 19.2 Å². The van der Waals surface area contributed by atoms with Crippen molar-refractivity contribution in [3.8, 4) is 0 Å². The van der Waals surface area contributed by atoms with Gasteiger partial charge in [0, 0.05) is 24.8 Å². The van der Waals surface area contributed by atoms with E-state index in [0.29, 0.717) is 38.9 Å². The second kappa shape index (κ2) is 11.2. The number of imide groups is 1. The molecule has 2 fully saturated rings. The zero-order valence-corrected chi connectivity index (χ0v) is 20.6. The van der Waals surface area contributed by atoms with Gasteiger partial charge in [0.25, 0.3) is 0 Å². The van der Waals surface area contributed by atoms with Crippen molar-refractivity contribution in [1.29, 1.82) is 0 Å². The van der Waals surface area contributed by atoms with Gasteiger partial charge in [0.05, 0.1) is 18.4 Å². The van der Waals surface area contributed by atoms with Gasteiger partial charge in [-0.25, -0.2) is 0 Å². The van der Waals surface area contributed by atoms with Crippen LogP contribution >= 0.6 is 0 Å². The van der Waals surface area contributed by atoms with Crippen molar-refractivity contribution in [2.75, 3.05) is 25.0 Å². The molecule has 2 heterocycles. The highest BCUT2D eigenvalue weighted by Crippen LogP contribution is 2.37. The van der Waals surface area contributed by atoms with Gasteiger partial charge in [-0.3, -0.25) is 29.0 Å². The molecule has 2 aliphatic heterocycles. The van der Waals surface area contributed by atoms with Gasteiger partial charge >= 0.3 is 0 Å². The molecule has 0 radical (unpaired) electrons. The molecule has 8 nitrogen and oxygen atoms in total. The summed E-state index contributed by atoms with van der Waals surface area (Å²) in [5.41, 5.74) is 0.775. The molecule has 0 saturated carbocycles. The first kappa shape index (κ1) is 25.1. The zero-order chi connectivity index (χ0) is 24.9. The number of anilines is 1. The molecule has 2 saturated heterocycles. The predicted octanol–water partition coefficient (Wildman–Crippen LogP) is 2.57. The Hall–Kier alpha value is -3.00. The molecule has 0 bridgehead atoms. The Labute approximate surface area is 207 Å². The maximum Gasteiger partial charge on any atom is 0.243 e. The minimum atomic E-state index is -0.768. The normalized spacial score (nSPS) is 23.9. The van der Waals surface area contributed by atoms with Crippen LogP contribution in [0.3, 0.4) is 0 Å². The predicted molar refractivity (Wildman–Crippen MR) is 133 cm³/mol. The molecular formula is C27H36N4O4. The quantitative estimate of drug-likeness (QED) is 0.440. The minimum Gasteiger partial charge on any atom is -0.351 e. The number of amides is 4. The number of fused-ring (bicyclic) bond motifs is 1. The molecule has 0 spiro atoms. The van der Waals surface area contributed by atoms with E-state index in [1.54, 1.807) is 0 Å². The summed E-state index contributed by atoms with van der Waals surface area (Å²) >= 11 is 0. The van der Waals surface area contributed by atoms with E-state index in [4.69, 9.17) is 0 Å². The van der Waals surface area contributed by atoms with E-state index in [2.05, 4.69) is 15.5 Å². The molecule has 3 aliphatic rings. The lowest BCUT2D eigenvalue weighted by atomic mass is 9.85. The lowest BCUT2D eigenvalue weighted by Gasteiger charge is -2.34. The Bertz CT molecular complexity index is 943.